The third-order valence-corrected chi connectivity index (χ3v) is 6.90. The highest BCUT2D eigenvalue weighted by molar-refractivity contribution is 7.93. The first-order valence-corrected chi connectivity index (χ1v) is 11.8. The van der Waals surface area contributed by atoms with Crippen LogP contribution in [0.2, 0.25) is 0 Å². The monoisotopic (exact) mass is 431 g/mol. The van der Waals surface area contributed by atoms with Crippen molar-refractivity contribution in [1.82, 2.24) is 9.78 Å². The topological polar surface area (TPSA) is 55.2 Å². The van der Waals surface area contributed by atoms with Gasteiger partial charge in [-0.1, -0.05) is 80.1 Å². The van der Waals surface area contributed by atoms with Crippen molar-refractivity contribution in [3.05, 3.63) is 97.2 Å². The minimum atomic E-state index is -3.84. The third-order valence-electron chi connectivity index (χ3n) is 5.08. The van der Waals surface area contributed by atoms with Crippen LogP contribution in [-0.2, 0) is 10.0 Å². The maximum atomic E-state index is 14.0. The molecule has 0 unspecified atom stereocenters. The molecule has 6 heteroatoms. The lowest BCUT2D eigenvalue weighted by molar-refractivity contribution is 0.589. The molecule has 3 aromatic carbocycles. The van der Waals surface area contributed by atoms with Crippen LogP contribution >= 0.6 is 0 Å². The van der Waals surface area contributed by atoms with Crippen molar-refractivity contribution in [1.29, 1.82) is 0 Å². The highest BCUT2D eigenvalue weighted by Crippen LogP contribution is 2.32. The zero-order chi connectivity index (χ0) is 21.7. The molecule has 0 fully saturated rings. The lowest BCUT2D eigenvalue weighted by Gasteiger charge is -2.24. The average molecular weight is 432 g/mol. The number of anilines is 1. The zero-order valence-electron chi connectivity index (χ0n) is 17.4. The van der Waals surface area contributed by atoms with Gasteiger partial charge in [-0.05, 0) is 30.7 Å². The maximum absolute atomic E-state index is 14.0. The second-order valence-electron chi connectivity index (χ2n) is 7.25. The largest absolute Gasteiger partial charge is 0.268 e. The van der Waals surface area contributed by atoms with Gasteiger partial charge in [-0.3, -0.25) is 4.31 Å². The van der Waals surface area contributed by atoms with E-state index in [1.54, 1.807) is 10.9 Å². The van der Waals surface area contributed by atoms with Gasteiger partial charge in [0.15, 0.2) is 0 Å². The Kier molecular flexibility index (Phi) is 6.18. The first kappa shape index (κ1) is 20.9. The quantitative estimate of drug-likeness (QED) is 0.368. The third kappa shape index (κ3) is 4.39. The van der Waals surface area contributed by atoms with Crippen molar-refractivity contribution in [2.45, 2.75) is 24.7 Å². The van der Waals surface area contributed by atoms with Crippen LogP contribution in [0.4, 0.5) is 5.69 Å². The van der Waals surface area contributed by atoms with E-state index in [4.69, 9.17) is 0 Å². The molecule has 4 aromatic rings. The highest BCUT2D eigenvalue weighted by Gasteiger charge is 2.30. The fraction of sp³-hybridized carbons (Fsp3) is 0.160. The summed E-state index contributed by atoms with van der Waals surface area (Å²) >= 11 is 0. The van der Waals surface area contributed by atoms with Crippen molar-refractivity contribution in [2.24, 2.45) is 0 Å². The second kappa shape index (κ2) is 9.18. The van der Waals surface area contributed by atoms with Crippen LogP contribution in [-0.4, -0.2) is 24.7 Å². The van der Waals surface area contributed by atoms with E-state index < -0.39 is 10.0 Å². The average Bonchev–Trinajstić information content (AvgIpc) is 3.28. The summed E-state index contributed by atoms with van der Waals surface area (Å²) in [5.41, 5.74) is 2.67. The molecule has 0 spiro atoms. The van der Waals surface area contributed by atoms with Crippen LogP contribution < -0.4 is 4.31 Å². The van der Waals surface area contributed by atoms with Crippen LogP contribution in [0.1, 0.15) is 19.8 Å². The summed E-state index contributed by atoms with van der Waals surface area (Å²) in [5, 5.41) is 4.68. The Morgan fingerprint density at radius 2 is 1.42 bits per heavy atom. The van der Waals surface area contributed by atoms with Crippen molar-refractivity contribution in [3.8, 4) is 16.9 Å². The zero-order valence-corrected chi connectivity index (χ0v) is 18.2. The van der Waals surface area contributed by atoms with Crippen LogP contribution in [0, 0.1) is 0 Å². The van der Waals surface area contributed by atoms with Gasteiger partial charge >= 0.3 is 0 Å². The molecule has 0 aliphatic heterocycles. The Balaban J connectivity index is 1.89. The van der Waals surface area contributed by atoms with Crippen LogP contribution in [0.15, 0.2) is 102 Å². The van der Waals surface area contributed by atoms with E-state index in [9.17, 15) is 8.42 Å². The van der Waals surface area contributed by atoms with Gasteiger partial charge in [0.2, 0.25) is 0 Å². The Labute approximate surface area is 183 Å². The smallest absolute Gasteiger partial charge is 0.266 e. The second-order valence-corrected chi connectivity index (χ2v) is 9.09. The highest BCUT2D eigenvalue weighted by atomic mass is 32.2. The lowest BCUT2D eigenvalue weighted by atomic mass is 10.2. The molecular formula is C25H25N3O2S. The number of benzene rings is 3. The van der Waals surface area contributed by atoms with E-state index in [-0.39, 0.29) is 4.90 Å². The first-order valence-electron chi connectivity index (χ1n) is 10.4. The molecular weight excluding hydrogens is 406 g/mol. The predicted molar refractivity (Wildman–Crippen MR) is 125 cm³/mol. The molecule has 1 aromatic heterocycles. The number of unbranched alkanes of at least 4 members (excludes halogenated alkanes) is 1. The number of rotatable bonds is 8. The molecule has 0 saturated heterocycles. The number of hydrogen-bond acceptors (Lipinski definition) is 3. The molecule has 31 heavy (non-hydrogen) atoms. The Hall–Kier alpha value is -3.38. The Bertz CT molecular complexity index is 1220. The molecule has 158 valence electrons. The number of aromatic nitrogens is 2. The molecule has 1 heterocycles. The van der Waals surface area contributed by atoms with Crippen LogP contribution in [0.5, 0.6) is 0 Å². The molecule has 0 bridgehead atoms. The number of hydrogen-bond donors (Lipinski definition) is 0. The fourth-order valence-corrected chi connectivity index (χ4v) is 5.10. The summed E-state index contributed by atoms with van der Waals surface area (Å²) in [4.78, 5) is 0.197. The number of sulfonamides is 1. The summed E-state index contributed by atoms with van der Waals surface area (Å²) in [5.74, 6) is 0. The van der Waals surface area contributed by atoms with Gasteiger partial charge in [0.25, 0.3) is 10.0 Å². The number of para-hydroxylation sites is 2. The van der Waals surface area contributed by atoms with Gasteiger partial charge in [-0.25, -0.2) is 13.1 Å². The molecule has 0 atom stereocenters. The van der Waals surface area contributed by atoms with Crippen molar-refractivity contribution in [2.75, 3.05) is 10.8 Å². The molecule has 0 aliphatic carbocycles. The fourth-order valence-electron chi connectivity index (χ4n) is 3.46. The van der Waals surface area contributed by atoms with Crippen LogP contribution in [0.3, 0.4) is 0 Å². The summed E-state index contributed by atoms with van der Waals surface area (Å²) in [6.07, 6.45) is 3.28. The maximum Gasteiger partial charge on any atom is 0.268 e. The summed E-state index contributed by atoms with van der Waals surface area (Å²) in [7, 11) is -3.84. The van der Waals surface area contributed by atoms with Gasteiger partial charge in [0, 0.05) is 12.1 Å². The SMILES string of the molecule is CCCCN(c1ccccc1)S(=O)(=O)c1cn(-c2ccccc2)nc1-c1ccccc1. The molecule has 0 saturated carbocycles. The minimum absolute atomic E-state index is 0.197. The van der Waals surface area contributed by atoms with Gasteiger partial charge in [0.05, 0.1) is 17.6 Å². The standard InChI is InChI=1S/C25H25N3O2S/c1-2-3-19-28(23-17-11-6-12-18-23)31(29,30)24-20-27(22-15-9-5-10-16-22)26-25(24)21-13-7-4-8-14-21/h4-18,20H,2-3,19H2,1H3. The molecule has 4 rings (SSSR count). The van der Waals surface area contributed by atoms with Crippen molar-refractivity contribution < 1.29 is 8.42 Å². The van der Waals surface area contributed by atoms with Gasteiger partial charge in [-0.2, -0.15) is 5.10 Å². The molecule has 0 radical (unpaired) electrons. The molecule has 0 amide bonds. The van der Waals surface area contributed by atoms with Gasteiger partial charge < -0.3 is 0 Å². The van der Waals surface area contributed by atoms with E-state index >= 15 is 0 Å². The van der Waals surface area contributed by atoms with Crippen molar-refractivity contribution >= 4 is 15.7 Å². The summed E-state index contributed by atoms with van der Waals surface area (Å²) in [6, 6.07) is 28.3. The predicted octanol–water partition coefficient (Wildman–Crippen LogP) is 5.53. The molecule has 0 aliphatic rings. The van der Waals surface area contributed by atoms with E-state index in [1.165, 1.54) is 4.31 Å². The van der Waals surface area contributed by atoms with Gasteiger partial charge in [-0.15, -0.1) is 0 Å². The lowest BCUT2D eigenvalue weighted by Crippen LogP contribution is -2.32. The summed E-state index contributed by atoms with van der Waals surface area (Å²) < 4.78 is 31.0. The van der Waals surface area contributed by atoms with Crippen LogP contribution in [0.25, 0.3) is 16.9 Å². The van der Waals surface area contributed by atoms with Gasteiger partial charge in [0.1, 0.15) is 10.6 Å². The van der Waals surface area contributed by atoms with E-state index in [0.29, 0.717) is 17.9 Å². The summed E-state index contributed by atoms with van der Waals surface area (Å²) in [6.45, 7) is 2.46. The Morgan fingerprint density at radius 1 is 0.839 bits per heavy atom. The normalized spacial score (nSPS) is 11.4. The van der Waals surface area contributed by atoms with E-state index in [0.717, 1.165) is 24.1 Å². The molecule has 0 N–H and O–H groups in total. The molecule has 5 nitrogen and oxygen atoms in total. The van der Waals surface area contributed by atoms with Crippen molar-refractivity contribution in [3.63, 3.8) is 0 Å². The minimum Gasteiger partial charge on any atom is -0.266 e. The number of nitrogens with zero attached hydrogens (tertiary/aromatic N) is 3. The van der Waals surface area contributed by atoms with E-state index in [2.05, 4.69) is 12.0 Å². The Morgan fingerprint density at radius 3 is 2.03 bits per heavy atom. The van der Waals surface area contributed by atoms with E-state index in [1.807, 2.05) is 91.0 Å². The first-order chi connectivity index (χ1) is 15.1.